The Balaban J connectivity index is 1.41. The molecule has 36 heavy (non-hydrogen) atoms. The van der Waals surface area contributed by atoms with E-state index >= 15 is 0 Å². The van der Waals surface area contributed by atoms with Crippen LogP contribution in [0.25, 0.3) is 0 Å². The van der Waals surface area contributed by atoms with Gasteiger partial charge in [-0.05, 0) is 50.3 Å². The van der Waals surface area contributed by atoms with Crippen LogP contribution in [-0.4, -0.2) is 49.4 Å². The van der Waals surface area contributed by atoms with E-state index in [0.29, 0.717) is 17.8 Å². The summed E-state index contributed by atoms with van der Waals surface area (Å²) in [5.74, 6) is 0.435. The lowest BCUT2D eigenvalue weighted by atomic mass is 10.1. The second-order valence-electron chi connectivity index (χ2n) is 8.30. The maximum absolute atomic E-state index is 14.4. The lowest BCUT2D eigenvalue weighted by Gasteiger charge is -2.23. The number of hydrogen-bond acceptors (Lipinski definition) is 8. The number of amides is 1. The summed E-state index contributed by atoms with van der Waals surface area (Å²) in [6.07, 6.45) is 0.922. The molecule has 1 saturated heterocycles. The van der Waals surface area contributed by atoms with Crippen LogP contribution < -0.4 is 26.0 Å². The number of aromatic nitrogens is 3. The van der Waals surface area contributed by atoms with Crippen LogP contribution in [0.1, 0.15) is 40.0 Å². The largest absolute Gasteiger partial charge is 0.378 e. The maximum atomic E-state index is 14.4. The van der Waals surface area contributed by atoms with Crippen LogP contribution in [0.4, 0.5) is 10.1 Å². The Morgan fingerprint density at radius 3 is 2.75 bits per heavy atom. The first kappa shape index (κ1) is 25.7. The molecule has 2 heterocycles. The number of carbonyl (C=O) groups excluding carboxylic acids is 1. The molecule has 13 heteroatoms. The van der Waals surface area contributed by atoms with Gasteiger partial charge in [-0.25, -0.2) is 17.5 Å². The van der Waals surface area contributed by atoms with Gasteiger partial charge in [-0.15, -0.1) is 10.2 Å². The van der Waals surface area contributed by atoms with Crippen molar-refractivity contribution in [3.05, 3.63) is 71.1 Å². The molecule has 2 aromatic carbocycles. The summed E-state index contributed by atoms with van der Waals surface area (Å²) in [7, 11) is -0.720. The molecule has 3 aromatic rings. The van der Waals surface area contributed by atoms with Gasteiger partial charge in [-0.1, -0.05) is 12.1 Å². The van der Waals surface area contributed by atoms with Crippen LogP contribution in [0.3, 0.4) is 0 Å². The Hall–Kier alpha value is -3.39. The van der Waals surface area contributed by atoms with Crippen molar-refractivity contribution >= 4 is 21.6 Å². The number of hydrogen-bond donors (Lipinski definition) is 5. The first-order chi connectivity index (χ1) is 17.3. The van der Waals surface area contributed by atoms with Crippen LogP contribution in [-0.2, 0) is 30.2 Å². The molecular weight excluding hydrogens is 487 g/mol. The fourth-order valence-electron chi connectivity index (χ4n) is 3.98. The Kier molecular flexibility index (Phi) is 7.94. The predicted octanol–water partition coefficient (Wildman–Crippen LogP) is 0.986. The highest BCUT2D eigenvalue weighted by atomic mass is 32.2. The van der Waals surface area contributed by atoms with Crippen molar-refractivity contribution in [2.24, 2.45) is 7.05 Å². The van der Waals surface area contributed by atoms with Crippen molar-refractivity contribution in [3.63, 3.8) is 0 Å². The predicted molar refractivity (Wildman–Crippen MR) is 132 cm³/mol. The lowest BCUT2D eigenvalue weighted by Crippen LogP contribution is -2.40. The van der Waals surface area contributed by atoms with Gasteiger partial charge in [0, 0.05) is 37.1 Å². The van der Waals surface area contributed by atoms with E-state index < -0.39 is 21.7 Å². The molecule has 192 valence electrons. The SMILES string of the molecule is CNS(=O)(=O)c1cccc(F)c1CNC(=O)c1cccc(NCc2nnc(C3CCNCN3)n2C)c1. The van der Waals surface area contributed by atoms with Gasteiger partial charge in [-0.2, -0.15) is 0 Å². The zero-order valence-electron chi connectivity index (χ0n) is 20.0. The zero-order chi connectivity index (χ0) is 25.7. The van der Waals surface area contributed by atoms with Crippen molar-refractivity contribution < 1.29 is 17.6 Å². The number of nitrogens with zero attached hydrogens (tertiary/aromatic N) is 3. The van der Waals surface area contributed by atoms with Crippen molar-refractivity contribution in [1.82, 2.24) is 35.4 Å². The summed E-state index contributed by atoms with van der Waals surface area (Å²) >= 11 is 0. The molecule has 1 aliphatic rings. The van der Waals surface area contributed by atoms with Gasteiger partial charge in [-0.3, -0.25) is 10.1 Å². The van der Waals surface area contributed by atoms with Crippen LogP contribution >= 0.6 is 0 Å². The molecule has 1 aromatic heterocycles. The summed E-state index contributed by atoms with van der Waals surface area (Å²) in [6, 6.07) is 10.7. The van der Waals surface area contributed by atoms with Crippen LogP contribution in [0.2, 0.25) is 0 Å². The van der Waals surface area contributed by atoms with E-state index in [4.69, 9.17) is 0 Å². The molecule has 1 unspecified atom stereocenters. The highest BCUT2D eigenvalue weighted by Crippen LogP contribution is 2.20. The Morgan fingerprint density at radius 2 is 2.00 bits per heavy atom. The lowest BCUT2D eigenvalue weighted by molar-refractivity contribution is 0.0950. The van der Waals surface area contributed by atoms with Crippen LogP contribution in [0.15, 0.2) is 47.4 Å². The third-order valence-corrected chi connectivity index (χ3v) is 7.53. The van der Waals surface area contributed by atoms with E-state index in [9.17, 15) is 17.6 Å². The molecule has 0 bridgehead atoms. The normalized spacial score (nSPS) is 16.0. The monoisotopic (exact) mass is 516 g/mol. The number of nitrogens with one attached hydrogen (secondary N) is 5. The second kappa shape index (κ2) is 11.1. The van der Waals surface area contributed by atoms with E-state index in [1.165, 1.54) is 19.2 Å². The summed E-state index contributed by atoms with van der Waals surface area (Å²) < 4.78 is 42.9. The summed E-state index contributed by atoms with van der Waals surface area (Å²) in [5.41, 5.74) is 0.916. The quantitative estimate of drug-likeness (QED) is 0.283. The molecule has 1 atom stereocenters. The van der Waals surface area contributed by atoms with Gasteiger partial charge in [0.15, 0.2) is 5.82 Å². The molecular formula is C23H29FN8O3S. The molecule has 0 aliphatic carbocycles. The van der Waals surface area contributed by atoms with E-state index in [0.717, 1.165) is 37.3 Å². The fourth-order valence-corrected chi connectivity index (χ4v) is 4.95. The first-order valence-corrected chi connectivity index (χ1v) is 12.9. The zero-order valence-corrected chi connectivity index (χ0v) is 20.8. The number of sulfonamides is 1. The van der Waals surface area contributed by atoms with Gasteiger partial charge in [0.25, 0.3) is 5.91 Å². The van der Waals surface area contributed by atoms with Gasteiger partial charge < -0.3 is 20.5 Å². The number of rotatable bonds is 9. The minimum Gasteiger partial charge on any atom is -0.378 e. The number of carbonyl (C=O) groups is 1. The third kappa shape index (κ3) is 5.70. The highest BCUT2D eigenvalue weighted by molar-refractivity contribution is 7.89. The molecule has 11 nitrogen and oxygen atoms in total. The summed E-state index contributed by atoms with van der Waals surface area (Å²) in [6.45, 7) is 1.76. The molecule has 0 spiro atoms. The minimum absolute atomic E-state index is 0.115. The van der Waals surface area contributed by atoms with E-state index in [1.807, 2.05) is 17.7 Å². The number of anilines is 1. The molecule has 0 saturated carbocycles. The average molecular weight is 517 g/mol. The van der Waals surface area contributed by atoms with E-state index in [1.54, 1.807) is 18.2 Å². The van der Waals surface area contributed by atoms with Gasteiger partial charge in [0.05, 0.1) is 17.5 Å². The first-order valence-electron chi connectivity index (χ1n) is 11.5. The van der Waals surface area contributed by atoms with Crippen LogP contribution in [0.5, 0.6) is 0 Å². The molecule has 0 radical (unpaired) electrons. The molecule has 4 rings (SSSR count). The molecule has 5 N–H and O–H groups in total. The summed E-state index contributed by atoms with van der Waals surface area (Å²) in [5, 5.41) is 21.1. The highest BCUT2D eigenvalue weighted by Gasteiger charge is 2.22. The number of halogens is 1. The smallest absolute Gasteiger partial charge is 0.251 e. The fraction of sp³-hybridized carbons (Fsp3) is 0.348. The average Bonchev–Trinajstić information content (AvgIpc) is 3.27. The van der Waals surface area contributed by atoms with Gasteiger partial charge in [0.1, 0.15) is 11.6 Å². The maximum Gasteiger partial charge on any atom is 0.251 e. The van der Waals surface area contributed by atoms with Gasteiger partial charge >= 0.3 is 0 Å². The second-order valence-corrected chi connectivity index (χ2v) is 10.2. The van der Waals surface area contributed by atoms with Crippen molar-refractivity contribution in [2.75, 3.05) is 25.6 Å². The topological polar surface area (TPSA) is 142 Å². The summed E-state index contributed by atoms with van der Waals surface area (Å²) in [4.78, 5) is 12.5. The van der Waals surface area contributed by atoms with Crippen molar-refractivity contribution in [2.45, 2.75) is 30.4 Å². The molecule has 1 fully saturated rings. The Bertz CT molecular complexity index is 1340. The Morgan fingerprint density at radius 1 is 1.19 bits per heavy atom. The number of benzene rings is 2. The molecule has 1 aliphatic heterocycles. The standard InChI is InChI=1S/C23H29FN8O3S/c1-25-36(34,35)20-8-4-7-18(24)17(20)12-28-23(33)15-5-3-6-16(11-15)27-13-21-30-31-22(32(21)2)19-9-10-26-14-29-19/h3-8,11,19,25-27,29H,9-10,12-14H2,1-2H3,(H,28,33). The third-order valence-electron chi connectivity index (χ3n) is 6.03. The van der Waals surface area contributed by atoms with E-state index in [-0.39, 0.29) is 23.0 Å². The van der Waals surface area contributed by atoms with Gasteiger partial charge in [0.2, 0.25) is 10.0 Å². The van der Waals surface area contributed by atoms with Crippen molar-refractivity contribution in [1.29, 1.82) is 0 Å². The van der Waals surface area contributed by atoms with Crippen molar-refractivity contribution in [3.8, 4) is 0 Å². The minimum atomic E-state index is -3.88. The van der Waals surface area contributed by atoms with E-state index in [2.05, 4.69) is 36.2 Å². The molecule has 1 amide bonds. The Labute approximate surface area is 208 Å². The van der Waals surface area contributed by atoms with Crippen LogP contribution in [0, 0.1) is 5.82 Å².